The Morgan fingerprint density at radius 2 is 2.00 bits per heavy atom. The second-order valence-corrected chi connectivity index (χ2v) is 6.28. The first-order valence-corrected chi connectivity index (χ1v) is 7.68. The van der Waals surface area contributed by atoms with Crippen LogP contribution in [-0.2, 0) is 17.6 Å². The first-order valence-electron chi connectivity index (χ1n) is 6.86. The molecule has 0 spiro atoms. The number of morpholine rings is 1. The maximum atomic E-state index is 12.5. The van der Waals surface area contributed by atoms with Gasteiger partial charge in [0.05, 0.1) is 31.1 Å². The predicted octanol–water partition coefficient (Wildman–Crippen LogP) is -0.174. The summed E-state index contributed by atoms with van der Waals surface area (Å²) in [7, 11) is 0. The van der Waals surface area contributed by atoms with E-state index in [1.807, 2.05) is 0 Å². The molecule has 2 atom stereocenters. The van der Waals surface area contributed by atoms with Crippen molar-refractivity contribution >= 4 is 17.2 Å². The van der Waals surface area contributed by atoms with E-state index in [2.05, 4.69) is 4.98 Å². The number of aliphatic hydroxyl groups excluding tert-OH is 2. The molecule has 1 aromatic heterocycles. The average Bonchev–Trinajstić information content (AvgIpc) is 3.07. The number of aryl methyl sites for hydroxylation is 2. The number of thiazole rings is 1. The van der Waals surface area contributed by atoms with Crippen molar-refractivity contribution in [1.82, 2.24) is 9.88 Å². The van der Waals surface area contributed by atoms with Crippen molar-refractivity contribution in [2.75, 3.05) is 26.3 Å². The third-order valence-electron chi connectivity index (χ3n) is 3.71. The quantitative estimate of drug-likeness (QED) is 0.809. The summed E-state index contributed by atoms with van der Waals surface area (Å²) in [6.45, 7) is 0.370. The van der Waals surface area contributed by atoms with E-state index in [1.54, 1.807) is 4.90 Å². The van der Waals surface area contributed by atoms with E-state index in [1.165, 1.54) is 16.2 Å². The molecule has 6 nitrogen and oxygen atoms in total. The first-order chi connectivity index (χ1) is 9.71. The Morgan fingerprint density at radius 3 is 2.60 bits per heavy atom. The molecule has 1 amide bonds. The van der Waals surface area contributed by atoms with Crippen molar-refractivity contribution in [2.24, 2.45) is 0 Å². The molecule has 110 valence electrons. The van der Waals surface area contributed by atoms with Gasteiger partial charge >= 0.3 is 0 Å². The third kappa shape index (κ3) is 2.58. The van der Waals surface area contributed by atoms with Crippen LogP contribution in [0.1, 0.15) is 26.8 Å². The Bertz CT molecular complexity index is 471. The highest BCUT2D eigenvalue weighted by molar-refractivity contribution is 7.13. The number of hydrogen-bond acceptors (Lipinski definition) is 6. The van der Waals surface area contributed by atoms with Crippen LogP contribution < -0.4 is 0 Å². The van der Waals surface area contributed by atoms with Crippen molar-refractivity contribution in [3.05, 3.63) is 15.6 Å². The minimum Gasteiger partial charge on any atom is -0.394 e. The Kier molecular flexibility index (Phi) is 4.02. The Labute approximate surface area is 121 Å². The zero-order valence-corrected chi connectivity index (χ0v) is 11.9. The lowest BCUT2D eigenvalue weighted by atomic mass is 10.2. The lowest BCUT2D eigenvalue weighted by Gasteiger charge is -2.36. The van der Waals surface area contributed by atoms with E-state index in [0.717, 1.165) is 25.0 Å². The molecule has 0 aromatic carbocycles. The molecular weight excluding hydrogens is 280 g/mol. The molecule has 2 aliphatic rings. The van der Waals surface area contributed by atoms with Crippen LogP contribution in [0.15, 0.2) is 0 Å². The second kappa shape index (κ2) is 5.77. The zero-order chi connectivity index (χ0) is 14.1. The maximum Gasteiger partial charge on any atom is 0.283 e. The number of rotatable bonds is 3. The topological polar surface area (TPSA) is 82.9 Å². The van der Waals surface area contributed by atoms with Crippen molar-refractivity contribution in [2.45, 2.75) is 31.5 Å². The molecule has 0 saturated carbocycles. The number of fused-ring (bicyclic) bond motifs is 1. The van der Waals surface area contributed by atoms with Crippen LogP contribution >= 0.6 is 11.3 Å². The summed E-state index contributed by atoms with van der Waals surface area (Å²) in [5.74, 6) is -0.121. The highest BCUT2D eigenvalue weighted by Gasteiger charge is 2.32. The minimum atomic E-state index is -0.434. The van der Waals surface area contributed by atoms with Gasteiger partial charge in [0.25, 0.3) is 5.91 Å². The molecule has 20 heavy (non-hydrogen) atoms. The van der Waals surface area contributed by atoms with E-state index in [9.17, 15) is 15.0 Å². The number of carbonyl (C=O) groups excluding carboxylic acids is 1. The minimum absolute atomic E-state index is 0.121. The highest BCUT2D eigenvalue weighted by Crippen LogP contribution is 2.28. The number of aromatic nitrogens is 1. The van der Waals surface area contributed by atoms with Crippen LogP contribution in [-0.4, -0.2) is 64.5 Å². The molecule has 1 aliphatic heterocycles. The molecule has 2 N–H and O–H groups in total. The number of amides is 1. The van der Waals surface area contributed by atoms with Crippen molar-refractivity contribution in [1.29, 1.82) is 0 Å². The lowest BCUT2D eigenvalue weighted by molar-refractivity contribution is -0.108. The van der Waals surface area contributed by atoms with Gasteiger partial charge in [0, 0.05) is 18.0 Å². The molecule has 7 heteroatoms. The van der Waals surface area contributed by atoms with Gasteiger partial charge in [0.1, 0.15) is 0 Å². The van der Waals surface area contributed by atoms with Gasteiger partial charge in [-0.15, -0.1) is 11.3 Å². The van der Waals surface area contributed by atoms with Crippen LogP contribution in [0.4, 0.5) is 0 Å². The summed E-state index contributed by atoms with van der Waals surface area (Å²) >= 11 is 1.47. The molecule has 1 aromatic rings. The molecule has 1 saturated heterocycles. The summed E-state index contributed by atoms with van der Waals surface area (Å²) in [5, 5.41) is 18.9. The largest absolute Gasteiger partial charge is 0.394 e. The van der Waals surface area contributed by atoms with Gasteiger partial charge in [-0.3, -0.25) is 4.79 Å². The fourth-order valence-electron chi connectivity index (χ4n) is 2.71. The Balaban J connectivity index is 1.74. The van der Waals surface area contributed by atoms with E-state index >= 15 is 0 Å². The smallest absolute Gasteiger partial charge is 0.283 e. The first kappa shape index (κ1) is 13.9. The summed E-state index contributed by atoms with van der Waals surface area (Å²) in [6, 6.07) is 0. The van der Waals surface area contributed by atoms with Crippen molar-refractivity contribution < 1.29 is 19.7 Å². The van der Waals surface area contributed by atoms with E-state index in [-0.39, 0.29) is 19.1 Å². The van der Waals surface area contributed by atoms with E-state index < -0.39 is 12.2 Å². The number of ether oxygens (including phenoxy) is 1. The number of carbonyl (C=O) groups is 1. The SMILES string of the molecule is O=C(c1nc2c(s1)CCC2)N1C[C@H](CO)O[C@@H](CO)C1. The molecule has 1 fully saturated rings. The van der Waals surface area contributed by atoms with Crippen LogP contribution in [0.3, 0.4) is 0 Å². The number of hydrogen-bond donors (Lipinski definition) is 2. The van der Waals surface area contributed by atoms with Crippen LogP contribution in [0, 0.1) is 0 Å². The molecule has 3 rings (SSSR count). The van der Waals surface area contributed by atoms with Crippen LogP contribution in [0.5, 0.6) is 0 Å². The highest BCUT2D eigenvalue weighted by atomic mass is 32.1. The molecule has 0 unspecified atom stereocenters. The van der Waals surface area contributed by atoms with Crippen molar-refractivity contribution in [3.63, 3.8) is 0 Å². The third-order valence-corrected chi connectivity index (χ3v) is 4.85. The van der Waals surface area contributed by atoms with Gasteiger partial charge in [-0.2, -0.15) is 0 Å². The van der Waals surface area contributed by atoms with Gasteiger partial charge in [-0.05, 0) is 19.3 Å². The predicted molar refractivity (Wildman–Crippen MR) is 72.9 cm³/mol. The monoisotopic (exact) mass is 298 g/mol. The van der Waals surface area contributed by atoms with Crippen molar-refractivity contribution in [3.8, 4) is 0 Å². The van der Waals surface area contributed by atoms with Gasteiger partial charge in [0.2, 0.25) is 0 Å². The summed E-state index contributed by atoms with van der Waals surface area (Å²) < 4.78 is 5.45. The molecular formula is C13H18N2O4S. The standard InChI is InChI=1S/C13H18N2O4S/c16-6-8-4-15(5-9(7-17)19-8)13(18)12-14-10-2-1-3-11(10)20-12/h8-9,16-17H,1-7H2/t8-,9-/m1/s1. The Morgan fingerprint density at radius 1 is 1.30 bits per heavy atom. The van der Waals surface area contributed by atoms with E-state index in [4.69, 9.17) is 4.74 Å². The van der Waals surface area contributed by atoms with Crippen LogP contribution in [0.25, 0.3) is 0 Å². The van der Waals surface area contributed by atoms with Gasteiger partial charge in [-0.1, -0.05) is 0 Å². The summed E-state index contributed by atoms with van der Waals surface area (Å²) in [6.07, 6.45) is 2.23. The van der Waals surface area contributed by atoms with E-state index in [0.29, 0.717) is 18.1 Å². The summed E-state index contributed by atoms with van der Waals surface area (Å²) in [4.78, 5) is 19.8. The fourth-order valence-corrected chi connectivity index (χ4v) is 3.83. The average molecular weight is 298 g/mol. The molecule has 2 heterocycles. The molecule has 0 radical (unpaired) electrons. The second-order valence-electron chi connectivity index (χ2n) is 5.20. The molecule has 0 bridgehead atoms. The fraction of sp³-hybridized carbons (Fsp3) is 0.692. The van der Waals surface area contributed by atoms with Gasteiger partial charge in [0.15, 0.2) is 5.01 Å². The van der Waals surface area contributed by atoms with Gasteiger partial charge in [-0.25, -0.2) is 4.98 Å². The maximum absolute atomic E-state index is 12.5. The van der Waals surface area contributed by atoms with Crippen LogP contribution in [0.2, 0.25) is 0 Å². The lowest BCUT2D eigenvalue weighted by Crippen LogP contribution is -2.52. The zero-order valence-electron chi connectivity index (χ0n) is 11.1. The number of aliphatic hydroxyl groups is 2. The normalized spacial score (nSPS) is 25.8. The molecule has 1 aliphatic carbocycles. The van der Waals surface area contributed by atoms with Gasteiger partial charge < -0.3 is 19.8 Å². The number of nitrogens with zero attached hydrogens (tertiary/aromatic N) is 2. The Hall–Kier alpha value is -1.02. The summed E-state index contributed by atoms with van der Waals surface area (Å²) in [5.41, 5.74) is 1.06.